The fourth-order valence-electron chi connectivity index (χ4n) is 3.11. The molecule has 3 rings (SSSR count). The summed E-state index contributed by atoms with van der Waals surface area (Å²) in [6, 6.07) is 13.0. The second-order valence-electron chi connectivity index (χ2n) is 6.29. The van der Waals surface area contributed by atoms with Crippen molar-refractivity contribution < 1.29 is 17.9 Å². The van der Waals surface area contributed by atoms with E-state index in [1.54, 1.807) is 20.3 Å². The van der Waals surface area contributed by atoms with Crippen molar-refractivity contribution in [2.75, 3.05) is 20.5 Å². The molecule has 0 saturated heterocycles. The molecule has 1 aliphatic rings. The molecule has 0 N–H and O–H groups in total. The zero-order valence-corrected chi connectivity index (χ0v) is 16.1. The van der Waals surface area contributed by atoms with Gasteiger partial charge in [-0.05, 0) is 30.7 Å². The summed E-state index contributed by atoms with van der Waals surface area (Å²) in [7, 11) is -0.353. The van der Waals surface area contributed by atoms with Gasteiger partial charge in [0.05, 0.1) is 32.2 Å². The van der Waals surface area contributed by atoms with Gasteiger partial charge in [-0.1, -0.05) is 29.8 Å². The van der Waals surface area contributed by atoms with Crippen molar-refractivity contribution in [2.24, 2.45) is 5.10 Å². The average molecular weight is 374 g/mol. The quantitative estimate of drug-likeness (QED) is 0.806. The molecule has 0 spiro atoms. The number of benzene rings is 2. The first-order valence-electron chi connectivity index (χ1n) is 8.19. The molecule has 0 bridgehead atoms. The number of nitrogens with zero attached hydrogens (tertiary/aromatic N) is 2. The molecule has 0 saturated carbocycles. The molecule has 1 atom stereocenters. The van der Waals surface area contributed by atoms with Crippen LogP contribution in [0.3, 0.4) is 0 Å². The monoisotopic (exact) mass is 374 g/mol. The number of ether oxygens (including phenoxy) is 2. The van der Waals surface area contributed by atoms with Crippen LogP contribution in [0.25, 0.3) is 0 Å². The molecule has 0 aliphatic carbocycles. The molecular formula is C19H22N2O4S. The highest BCUT2D eigenvalue weighted by Gasteiger charge is 2.34. The Hall–Kier alpha value is -2.54. The molecule has 0 amide bonds. The van der Waals surface area contributed by atoms with E-state index in [0.29, 0.717) is 23.6 Å². The van der Waals surface area contributed by atoms with Gasteiger partial charge in [0.2, 0.25) is 10.0 Å². The van der Waals surface area contributed by atoms with Crippen LogP contribution in [-0.2, 0) is 10.0 Å². The van der Waals surface area contributed by atoms with Crippen molar-refractivity contribution in [3.8, 4) is 11.5 Å². The number of aryl methyl sites for hydroxylation is 1. The van der Waals surface area contributed by atoms with Gasteiger partial charge in [-0.25, -0.2) is 8.42 Å². The minimum Gasteiger partial charge on any atom is -0.493 e. The molecule has 1 heterocycles. The van der Waals surface area contributed by atoms with Crippen molar-refractivity contribution >= 4 is 15.7 Å². The molecule has 138 valence electrons. The Morgan fingerprint density at radius 1 is 1.08 bits per heavy atom. The minimum absolute atomic E-state index is 0.354. The third-order valence-corrected chi connectivity index (χ3v) is 5.37. The van der Waals surface area contributed by atoms with Gasteiger partial charge in [-0.3, -0.25) is 0 Å². The smallest absolute Gasteiger partial charge is 0.247 e. The van der Waals surface area contributed by atoms with E-state index in [2.05, 4.69) is 5.10 Å². The number of hydrogen-bond donors (Lipinski definition) is 0. The first kappa shape index (κ1) is 18.3. The second-order valence-corrected chi connectivity index (χ2v) is 8.13. The Balaban J connectivity index is 2.02. The maximum Gasteiger partial charge on any atom is 0.247 e. The SMILES string of the molecule is COc1ccc(C2=NN(S(C)(=O)=O)[C@@H](c3cccc(C)c3)C2)cc1OC. The summed E-state index contributed by atoms with van der Waals surface area (Å²) in [6.07, 6.45) is 1.67. The first-order chi connectivity index (χ1) is 12.3. The maximum absolute atomic E-state index is 12.3. The highest BCUT2D eigenvalue weighted by molar-refractivity contribution is 7.88. The summed E-state index contributed by atoms with van der Waals surface area (Å²) >= 11 is 0. The predicted molar refractivity (Wildman–Crippen MR) is 101 cm³/mol. The van der Waals surface area contributed by atoms with Crippen LogP contribution in [0.15, 0.2) is 47.6 Å². The van der Waals surface area contributed by atoms with Crippen molar-refractivity contribution in [2.45, 2.75) is 19.4 Å². The van der Waals surface area contributed by atoms with Crippen LogP contribution >= 0.6 is 0 Å². The summed E-state index contributed by atoms with van der Waals surface area (Å²) in [5.74, 6) is 1.20. The fraction of sp³-hybridized carbons (Fsp3) is 0.316. The van der Waals surface area contributed by atoms with Crippen LogP contribution in [-0.4, -0.2) is 39.0 Å². The molecule has 2 aromatic carbocycles. The normalized spacial score (nSPS) is 17.2. The van der Waals surface area contributed by atoms with Crippen LogP contribution in [0.4, 0.5) is 0 Å². The van der Waals surface area contributed by atoms with E-state index in [1.807, 2.05) is 43.3 Å². The van der Waals surface area contributed by atoms with Crippen molar-refractivity contribution in [1.29, 1.82) is 0 Å². The second kappa shape index (κ2) is 6.99. The van der Waals surface area contributed by atoms with E-state index >= 15 is 0 Å². The van der Waals surface area contributed by atoms with Crippen LogP contribution < -0.4 is 9.47 Å². The summed E-state index contributed by atoms with van der Waals surface area (Å²) in [5, 5.41) is 4.41. The zero-order valence-electron chi connectivity index (χ0n) is 15.3. The third kappa shape index (κ3) is 3.53. The van der Waals surface area contributed by atoms with Gasteiger partial charge in [-0.2, -0.15) is 9.52 Å². The summed E-state index contributed by atoms with van der Waals surface area (Å²) in [4.78, 5) is 0. The summed E-state index contributed by atoms with van der Waals surface area (Å²) < 4.78 is 36.4. The summed E-state index contributed by atoms with van der Waals surface area (Å²) in [5.41, 5.74) is 3.51. The van der Waals surface area contributed by atoms with Gasteiger partial charge in [0.15, 0.2) is 11.5 Å². The molecule has 0 aromatic heterocycles. The van der Waals surface area contributed by atoms with Gasteiger partial charge < -0.3 is 9.47 Å². The topological polar surface area (TPSA) is 68.2 Å². The molecule has 26 heavy (non-hydrogen) atoms. The minimum atomic E-state index is -3.49. The van der Waals surface area contributed by atoms with E-state index in [-0.39, 0.29) is 6.04 Å². The third-order valence-electron chi connectivity index (χ3n) is 4.36. The van der Waals surface area contributed by atoms with Gasteiger partial charge in [0.25, 0.3) is 0 Å². The van der Waals surface area contributed by atoms with Crippen LogP contribution in [0.1, 0.15) is 29.2 Å². The largest absolute Gasteiger partial charge is 0.493 e. The standard InChI is InChI=1S/C19H22N2O4S/c1-13-6-5-7-15(10-13)17-12-16(20-21(17)26(4,22)23)14-8-9-18(24-2)19(11-14)25-3/h5-11,17H,12H2,1-4H3/t17-/m1/s1. The molecular weight excluding hydrogens is 352 g/mol. The Kier molecular flexibility index (Phi) is 4.91. The number of sulfonamides is 1. The molecule has 0 unspecified atom stereocenters. The van der Waals surface area contributed by atoms with Gasteiger partial charge >= 0.3 is 0 Å². The molecule has 2 aromatic rings. The van der Waals surface area contributed by atoms with E-state index in [1.165, 1.54) is 10.7 Å². The van der Waals surface area contributed by atoms with Gasteiger partial charge in [0.1, 0.15) is 0 Å². The molecule has 0 fully saturated rings. The summed E-state index contributed by atoms with van der Waals surface area (Å²) in [6.45, 7) is 1.99. The van der Waals surface area contributed by atoms with E-state index in [0.717, 1.165) is 16.7 Å². The van der Waals surface area contributed by atoms with Crippen LogP contribution in [0.2, 0.25) is 0 Å². The lowest BCUT2D eigenvalue weighted by atomic mass is 9.98. The highest BCUT2D eigenvalue weighted by atomic mass is 32.2. The fourth-order valence-corrected chi connectivity index (χ4v) is 4.02. The van der Waals surface area contributed by atoms with E-state index in [4.69, 9.17) is 9.47 Å². The highest BCUT2D eigenvalue weighted by Crippen LogP contribution is 2.36. The first-order valence-corrected chi connectivity index (χ1v) is 10.0. The molecule has 1 aliphatic heterocycles. The van der Waals surface area contributed by atoms with Crippen molar-refractivity contribution in [3.63, 3.8) is 0 Å². The van der Waals surface area contributed by atoms with Gasteiger partial charge in [0, 0.05) is 12.0 Å². The predicted octanol–water partition coefficient (Wildman–Crippen LogP) is 3.12. The molecule has 0 radical (unpaired) electrons. The zero-order chi connectivity index (χ0) is 18.9. The maximum atomic E-state index is 12.3. The van der Waals surface area contributed by atoms with Crippen molar-refractivity contribution in [3.05, 3.63) is 59.2 Å². The van der Waals surface area contributed by atoms with Crippen molar-refractivity contribution in [1.82, 2.24) is 4.41 Å². The van der Waals surface area contributed by atoms with Crippen LogP contribution in [0.5, 0.6) is 11.5 Å². The Bertz CT molecular complexity index is 954. The van der Waals surface area contributed by atoms with Crippen LogP contribution in [0, 0.1) is 6.92 Å². The Labute approximate surface area is 154 Å². The molecule has 6 nitrogen and oxygen atoms in total. The van der Waals surface area contributed by atoms with E-state index in [9.17, 15) is 8.42 Å². The molecule has 7 heteroatoms. The number of hydrazone groups is 1. The van der Waals surface area contributed by atoms with Gasteiger partial charge in [-0.15, -0.1) is 0 Å². The van der Waals surface area contributed by atoms with E-state index < -0.39 is 10.0 Å². The lowest BCUT2D eigenvalue weighted by Gasteiger charge is -2.21. The number of hydrogen-bond acceptors (Lipinski definition) is 5. The number of rotatable bonds is 5. The average Bonchev–Trinajstić information content (AvgIpc) is 3.07. The number of methoxy groups -OCH3 is 2. The lowest BCUT2D eigenvalue weighted by molar-refractivity contribution is 0.355. The Morgan fingerprint density at radius 2 is 1.81 bits per heavy atom. The lowest BCUT2D eigenvalue weighted by Crippen LogP contribution is -2.25. The Morgan fingerprint density at radius 3 is 2.42 bits per heavy atom.